The summed E-state index contributed by atoms with van der Waals surface area (Å²) in [4.78, 5) is 52.1. The lowest BCUT2D eigenvalue weighted by Crippen LogP contribution is -2.71. The summed E-state index contributed by atoms with van der Waals surface area (Å²) in [6.45, 7) is 1.89. The second-order valence-corrected chi connectivity index (χ2v) is 9.76. The van der Waals surface area contributed by atoms with Crippen molar-refractivity contribution in [1.82, 2.24) is 24.6 Å². The summed E-state index contributed by atoms with van der Waals surface area (Å²) in [6, 6.07) is 4.54. The van der Waals surface area contributed by atoms with Gasteiger partial charge < -0.3 is 21.0 Å². The molecule has 1 saturated heterocycles. The summed E-state index contributed by atoms with van der Waals surface area (Å²) in [5.74, 6) is -2.18. The molecule has 4 N–H and O–H groups in total. The minimum absolute atomic E-state index is 0.0256. The number of rotatable bonds is 9. The highest BCUT2D eigenvalue weighted by molar-refractivity contribution is 8.02. The van der Waals surface area contributed by atoms with Gasteiger partial charge in [-0.15, -0.1) is 11.8 Å². The molecule has 0 radical (unpaired) electrons. The number of hydrogen-bond acceptors (Lipinski definition) is 12. The Morgan fingerprint density at radius 2 is 2.29 bits per heavy atom. The first-order valence-electron chi connectivity index (χ1n) is 10.2. The van der Waals surface area contributed by atoms with Crippen LogP contribution in [0.1, 0.15) is 12.7 Å². The number of carbonyl (C=O) groups is 3. The molecule has 2 aliphatic heterocycles. The highest BCUT2D eigenvalue weighted by atomic mass is 32.2. The van der Waals surface area contributed by atoms with E-state index < -0.39 is 29.2 Å². The van der Waals surface area contributed by atoms with Crippen molar-refractivity contribution in [2.45, 2.75) is 23.4 Å². The van der Waals surface area contributed by atoms with Crippen LogP contribution >= 0.6 is 35.1 Å². The number of thioether (sulfide) groups is 2. The van der Waals surface area contributed by atoms with E-state index >= 15 is 0 Å². The number of oxime groups is 1. The molecule has 0 bridgehead atoms. The summed E-state index contributed by atoms with van der Waals surface area (Å²) in [6.07, 6.45) is 3.33. The van der Waals surface area contributed by atoms with E-state index in [1.807, 2.05) is 12.1 Å². The number of aromatic nitrogens is 3. The minimum Gasteiger partial charge on any atom is -0.477 e. The van der Waals surface area contributed by atoms with Gasteiger partial charge in [0, 0.05) is 23.5 Å². The molecule has 0 spiro atoms. The number of hydrogen-bond donors (Lipinski definition) is 3. The number of anilines is 1. The largest absolute Gasteiger partial charge is 0.477 e. The van der Waals surface area contributed by atoms with Crippen LogP contribution in [0, 0.1) is 0 Å². The van der Waals surface area contributed by atoms with Crippen molar-refractivity contribution >= 4 is 63.7 Å². The Hall–Kier alpha value is -3.43. The van der Waals surface area contributed by atoms with Crippen LogP contribution in [-0.2, 0) is 19.2 Å². The van der Waals surface area contributed by atoms with Gasteiger partial charge in [0.1, 0.15) is 28.7 Å². The first-order valence-corrected chi connectivity index (χ1v) is 12.9. The minimum atomic E-state index is -1.23. The molecule has 15 heteroatoms. The first-order chi connectivity index (χ1) is 16.9. The number of aliphatic carboxylic acids is 1. The molecule has 0 aromatic carbocycles. The molecule has 12 nitrogen and oxygen atoms in total. The summed E-state index contributed by atoms with van der Waals surface area (Å²) in [5.41, 5.74) is 5.75. The Morgan fingerprint density at radius 3 is 2.94 bits per heavy atom. The summed E-state index contributed by atoms with van der Waals surface area (Å²) in [5, 5.41) is 18.2. The Balaban J connectivity index is 1.49. The average Bonchev–Trinajstić information content (AvgIpc) is 3.28. The van der Waals surface area contributed by atoms with E-state index in [4.69, 9.17) is 10.6 Å². The fourth-order valence-electron chi connectivity index (χ4n) is 3.23. The third-order valence-corrected chi connectivity index (χ3v) is 7.34. The van der Waals surface area contributed by atoms with E-state index in [1.54, 1.807) is 30.7 Å². The highest BCUT2D eigenvalue weighted by Crippen LogP contribution is 2.41. The summed E-state index contributed by atoms with van der Waals surface area (Å²) in [7, 11) is 0. The van der Waals surface area contributed by atoms with E-state index in [0.717, 1.165) is 16.6 Å². The Morgan fingerprint density at radius 1 is 1.46 bits per heavy atom. The molecular weight excluding hydrogens is 514 g/mol. The van der Waals surface area contributed by atoms with Crippen LogP contribution in [0.2, 0.25) is 0 Å². The standard InChI is InChI=1S/C20H19N7O5S3/c1-2-32-25-12(15-24-20(21)35-26-15)16(28)23-13-17(29)27-14(19(30)31)10(9-34-18(13)27)6-8-33-11-5-3-4-7-22-11/h3-8,13,18H,2,9H2,1H3,(H,23,28)(H,30,31)(H2,21,24,26)/t13?,18-/m0/s1. The van der Waals surface area contributed by atoms with Gasteiger partial charge in [-0.25, -0.2) is 9.78 Å². The zero-order valence-corrected chi connectivity index (χ0v) is 20.6. The lowest BCUT2D eigenvalue weighted by molar-refractivity contribution is -0.150. The van der Waals surface area contributed by atoms with Crippen molar-refractivity contribution in [3.05, 3.63) is 53.0 Å². The monoisotopic (exact) mass is 533 g/mol. The normalized spacial score (nSPS) is 20.0. The third kappa shape index (κ3) is 5.31. The van der Waals surface area contributed by atoms with Gasteiger partial charge in [-0.2, -0.15) is 9.36 Å². The number of fused-ring (bicyclic) bond motifs is 1. The van der Waals surface area contributed by atoms with Crippen LogP contribution in [0.3, 0.4) is 0 Å². The van der Waals surface area contributed by atoms with Gasteiger partial charge in [0.15, 0.2) is 5.13 Å². The molecule has 2 amide bonds. The number of carboxylic acid groups (broad SMARTS) is 1. The maximum Gasteiger partial charge on any atom is 0.352 e. The molecule has 4 rings (SSSR count). The molecule has 2 aromatic rings. The van der Waals surface area contributed by atoms with Gasteiger partial charge >= 0.3 is 5.97 Å². The number of pyridine rings is 1. The van der Waals surface area contributed by atoms with Crippen LogP contribution in [0.5, 0.6) is 0 Å². The number of nitrogens with zero attached hydrogens (tertiary/aromatic N) is 5. The smallest absolute Gasteiger partial charge is 0.352 e. The SMILES string of the molecule is CCON=C(C(=O)NC1C(=O)N2C(C(=O)O)=C(C=CSc3ccccn3)CS[C@@H]12)c1nsc(N)n1. The van der Waals surface area contributed by atoms with Crippen molar-refractivity contribution in [3.8, 4) is 0 Å². The molecule has 4 heterocycles. The zero-order valence-electron chi connectivity index (χ0n) is 18.2. The predicted molar refractivity (Wildman–Crippen MR) is 131 cm³/mol. The number of nitrogens with one attached hydrogen (secondary N) is 1. The zero-order chi connectivity index (χ0) is 24.9. The lowest BCUT2D eigenvalue weighted by atomic mass is 10.0. The second-order valence-electron chi connectivity index (χ2n) is 6.94. The van der Waals surface area contributed by atoms with Gasteiger partial charge in [-0.1, -0.05) is 23.0 Å². The van der Waals surface area contributed by atoms with Gasteiger partial charge in [0.2, 0.25) is 11.5 Å². The number of nitrogen functional groups attached to an aromatic ring is 1. The van der Waals surface area contributed by atoms with Crippen molar-refractivity contribution in [2.24, 2.45) is 5.16 Å². The number of carbonyl (C=O) groups excluding carboxylic acids is 2. The lowest BCUT2D eigenvalue weighted by Gasteiger charge is -2.49. The van der Waals surface area contributed by atoms with Crippen LogP contribution in [0.4, 0.5) is 5.13 Å². The Kier molecular flexibility index (Phi) is 7.67. The average molecular weight is 534 g/mol. The Bertz CT molecular complexity index is 1230. The molecule has 35 heavy (non-hydrogen) atoms. The van der Waals surface area contributed by atoms with E-state index in [0.29, 0.717) is 11.3 Å². The van der Waals surface area contributed by atoms with Crippen molar-refractivity contribution in [3.63, 3.8) is 0 Å². The molecule has 0 saturated carbocycles. The molecule has 0 aliphatic carbocycles. The molecule has 182 valence electrons. The highest BCUT2D eigenvalue weighted by Gasteiger charge is 2.54. The number of nitrogens with two attached hydrogens (primary N) is 1. The fraction of sp³-hybridized carbons (Fsp3) is 0.250. The second kappa shape index (κ2) is 10.9. The molecule has 1 fully saturated rings. The maximum absolute atomic E-state index is 12.9. The molecule has 2 aromatic heterocycles. The van der Waals surface area contributed by atoms with Crippen molar-refractivity contribution < 1.29 is 24.3 Å². The first kappa shape index (κ1) is 24.7. The number of carboxylic acids is 1. The van der Waals surface area contributed by atoms with E-state index in [1.165, 1.54) is 28.4 Å². The van der Waals surface area contributed by atoms with Crippen LogP contribution in [-0.4, -0.2) is 71.6 Å². The molecule has 1 unspecified atom stereocenters. The van der Waals surface area contributed by atoms with Crippen molar-refractivity contribution in [1.29, 1.82) is 0 Å². The fourth-order valence-corrected chi connectivity index (χ4v) is 5.63. The van der Waals surface area contributed by atoms with Crippen LogP contribution < -0.4 is 11.1 Å². The van der Waals surface area contributed by atoms with Gasteiger partial charge in [-0.3, -0.25) is 14.5 Å². The third-order valence-electron chi connectivity index (χ3n) is 4.74. The summed E-state index contributed by atoms with van der Waals surface area (Å²) >= 11 is 3.57. The predicted octanol–water partition coefficient (Wildman–Crippen LogP) is 1.30. The van der Waals surface area contributed by atoms with Crippen LogP contribution in [0.15, 0.2) is 57.3 Å². The Labute approximate surface area is 211 Å². The van der Waals surface area contributed by atoms with E-state index in [-0.39, 0.29) is 29.0 Å². The van der Waals surface area contributed by atoms with Crippen LogP contribution in [0.25, 0.3) is 0 Å². The van der Waals surface area contributed by atoms with E-state index in [2.05, 4.69) is 24.8 Å². The maximum atomic E-state index is 12.9. The number of allylic oxidation sites excluding steroid dienone is 1. The topological polar surface area (TPSA) is 173 Å². The van der Waals surface area contributed by atoms with Gasteiger partial charge in [-0.05, 0) is 36.1 Å². The molecule has 2 aliphatic rings. The van der Waals surface area contributed by atoms with Crippen molar-refractivity contribution in [2.75, 3.05) is 18.1 Å². The van der Waals surface area contributed by atoms with Gasteiger partial charge in [0.05, 0.1) is 0 Å². The molecular formula is C20H19N7O5S3. The molecule has 2 atom stereocenters. The van der Waals surface area contributed by atoms with Gasteiger partial charge in [0.25, 0.3) is 11.8 Å². The summed E-state index contributed by atoms with van der Waals surface area (Å²) < 4.78 is 3.97. The number of β-lactam (4-membered cyclic amide) rings is 1. The number of amides is 2. The van der Waals surface area contributed by atoms with E-state index in [9.17, 15) is 19.5 Å². The quantitative estimate of drug-likeness (QED) is 0.183.